The smallest absolute Gasteiger partial charge is 0.0641 e. The summed E-state index contributed by atoms with van der Waals surface area (Å²) in [5.74, 6) is 0. The van der Waals surface area contributed by atoms with Crippen molar-refractivity contribution in [3.8, 4) is 0 Å². The summed E-state index contributed by atoms with van der Waals surface area (Å²) in [5.41, 5.74) is 0.0469. The summed E-state index contributed by atoms with van der Waals surface area (Å²) in [7, 11) is 0. The van der Waals surface area contributed by atoms with Gasteiger partial charge in [0.2, 0.25) is 0 Å². The number of nitrogens with one attached hydrogen (secondary N) is 1. The highest BCUT2D eigenvalue weighted by atomic mass is 16.5. The van der Waals surface area contributed by atoms with Gasteiger partial charge in [0.1, 0.15) is 0 Å². The molecule has 2 heterocycles. The molecule has 1 N–H and O–H groups in total. The van der Waals surface area contributed by atoms with Gasteiger partial charge in [0.25, 0.3) is 0 Å². The number of ether oxygens (including phenoxy) is 2. The zero-order valence-corrected chi connectivity index (χ0v) is 11.5. The molecule has 17 heavy (non-hydrogen) atoms. The van der Waals surface area contributed by atoms with Crippen molar-refractivity contribution < 1.29 is 9.47 Å². The Bertz CT molecular complexity index is 242. The van der Waals surface area contributed by atoms with E-state index < -0.39 is 0 Å². The summed E-state index contributed by atoms with van der Waals surface area (Å²) in [5, 5.41) is 3.82. The summed E-state index contributed by atoms with van der Waals surface area (Å²) < 4.78 is 11.5. The molecule has 3 nitrogen and oxygen atoms in total. The van der Waals surface area contributed by atoms with E-state index >= 15 is 0 Å². The standard InChI is InChI=1S/C14H27NO2/c1-4-13-9-11(5-7-16-13)15-12-6-8-17-14(2,3)10-12/h11-13,15H,4-10H2,1-3H3. The second-order valence-corrected chi connectivity index (χ2v) is 6.09. The fraction of sp³-hybridized carbons (Fsp3) is 1.00. The quantitative estimate of drug-likeness (QED) is 0.823. The van der Waals surface area contributed by atoms with Crippen LogP contribution in [-0.2, 0) is 9.47 Å². The SMILES string of the molecule is CCC1CC(NC2CCOC(C)(C)C2)CCO1. The van der Waals surface area contributed by atoms with E-state index in [0.29, 0.717) is 18.2 Å². The molecule has 100 valence electrons. The molecular formula is C14H27NO2. The van der Waals surface area contributed by atoms with Gasteiger partial charge in [-0.25, -0.2) is 0 Å². The van der Waals surface area contributed by atoms with Gasteiger partial charge in [-0.1, -0.05) is 6.92 Å². The summed E-state index contributed by atoms with van der Waals surface area (Å²) in [6, 6.07) is 1.27. The van der Waals surface area contributed by atoms with Crippen molar-refractivity contribution in [1.82, 2.24) is 5.32 Å². The fourth-order valence-electron chi connectivity index (χ4n) is 3.02. The van der Waals surface area contributed by atoms with Gasteiger partial charge in [-0.15, -0.1) is 0 Å². The Morgan fingerprint density at radius 3 is 2.65 bits per heavy atom. The van der Waals surface area contributed by atoms with Gasteiger partial charge in [0.15, 0.2) is 0 Å². The van der Waals surface area contributed by atoms with Crippen LogP contribution in [0.2, 0.25) is 0 Å². The molecule has 0 bridgehead atoms. The predicted molar refractivity (Wildman–Crippen MR) is 69.2 cm³/mol. The second kappa shape index (κ2) is 5.68. The Kier molecular flexibility index (Phi) is 4.45. The van der Waals surface area contributed by atoms with E-state index in [4.69, 9.17) is 9.47 Å². The van der Waals surface area contributed by atoms with Crippen molar-refractivity contribution in [2.45, 2.75) is 76.7 Å². The summed E-state index contributed by atoms with van der Waals surface area (Å²) in [4.78, 5) is 0. The molecule has 0 saturated carbocycles. The number of hydrogen-bond donors (Lipinski definition) is 1. The lowest BCUT2D eigenvalue weighted by atomic mass is 9.92. The Labute approximate surface area is 105 Å². The van der Waals surface area contributed by atoms with E-state index in [9.17, 15) is 0 Å². The molecule has 3 unspecified atom stereocenters. The Morgan fingerprint density at radius 2 is 1.94 bits per heavy atom. The number of hydrogen-bond acceptors (Lipinski definition) is 3. The average molecular weight is 241 g/mol. The molecule has 0 amide bonds. The van der Waals surface area contributed by atoms with Crippen LogP contribution in [0.25, 0.3) is 0 Å². The van der Waals surface area contributed by atoms with E-state index in [1.165, 1.54) is 6.42 Å². The molecule has 3 atom stereocenters. The molecule has 0 radical (unpaired) electrons. The summed E-state index contributed by atoms with van der Waals surface area (Å²) in [6.45, 7) is 8.41. The van der Waals surface area contributed by atoms with Crippen molar-refractivity contribution in [3.05, 3.63) is 0 Å². The van der Waals surface area contributed by atoms with Crippen molar-refractivity contribution in [2.75, 3.05) is 13.2 Å². The lowest BCUT2D eigenvalue weighted by Gasteiger charge is -2.39. The molecule has 0 spiro atoms. The minimum absolute atomic E-state index is 0.0469. The first-order valence-electron chi connectivity index (χ1n) is 7.10. The van der Waals surface area contributed by atoms with Gasteiger partial charge in [-0.3, -0.25) is 0 Å². The Balaban J connectivity index is 1.80. The van der Waals surface area contributed by atoms with Gasteiger partial charge in [0.05, 0.1) is 11.7 Å². The molecule has 0 aromatic heterocycles. The molecular weight excluding hydrogens is 214 g/mol. The summed E-state index contributed by atoms with van der Waals surface area (Å²) in [6.07, 6.45) is 6.22. The Hall–Kier alpha value is -0.120. The third-order valence-corrected chi connectivity index (χ3v) is 3.99. The molecule has 0 aromatic carbocycles. The van der Waals surface area contributed by atoms with E-state index in [2.05, 4.69) is 26.1 Å². The van der Waals surface area contributed by atoms with Crippen LogP contribution in [0.5, 0.6) is 0 Å². The van der Waals surface area contributed by atoms with Crippen LogP contribution < -0.4 is 5.32 Å². The molecule has 0 aromatic rings. The van der Waals surface area contributed by atoms with Gasteiger partial charge in [-0.05, 0) is 46.0 Å². The van der Waals surface area contributed by atoms with Crippen LogP contribution in [0, 0.1) is 0 Å². The van der Waals surface area contributed by atoms with Crippen molar-refractivity contribution in [1.29, 1.82) is 0 Å². The lowest BCUT2D eigenvalue weighted by Crippen LogP contribution is -2.49. The molecule has 0 aliphatic carbocycles. The fourth-order valence-corrected chi connectivity index (χ4v) is 3.02. The zero-order chi connectivity index (χ0) is 12.3. The molecule has 3 heteroatoms. The highest BCUT2D eigenvalue weighted by Gasteiger charge is 2.31. The van der Waals surface area contributed by atoms with Crippen LogP contribution in [-0.4, -0.2) is 37.0 Å². The minimum Gasteiger partial charge on any atom is -0.378 e. The first kappa shape index (κ1) is 13.3. The molecule has 2 aliphatic heterocycles. The van der Waals surface area contributed by atoms with E-state index in [1.54, 1.807) is 0 Å². The third-order valence-electron chi connectivity index (χ3n) is 3.99. The van der Waals surface area contributed by atoms with Crippen LogP contribution in [0.1, 0.15) is 52.9 Å². The predicted octanol–water partition coefficient (Wildman–Crippen LogP) is 2.49. The van der Waals surface area contributed by atoms with Crippen LogP contribution in [0.15, 0.2) is 0 Å². The van der Waals surface area contributed by atoms with Crippen LogP contribution >= 0.6 is 0 Å². The maximum Gasteiger partial charge on any atom is 0.0641 e. The second-order valence-electron chi connectivity index (χ2n) is 6.09. The summed E-state index contributed by atoms with van der Waals surface area (Å²) >= 11 is 0. The van der Waals surface area contributed by atoms with Gasteiger partial charge < -0.3 is 14.8 Å². The normalized spacial score (nSPS) is 37.9. The number of rotatable bonds is 3. The largest absolute Gasteiger partial charge is 0.378 e. The average Bonchev–Trinajstić information content (AvgIpc) is 2.28. The van der Waals surface area contributed by atoms with Crippen LogP contribution in [0.4, 0.5) is 0 Å². The topological polar surface area (TPSA) is 30.5 Å². The Morgan fingerprint density at radius 1 is 1.18 bits per heavy atom. The molecule has 2 saturated heterocycles. The lowest BCUT2D eigenvalue weighted by molar-refractivity contribution is -0.0681. The minimum atomic E-state index is 0.0469. The van der Waals surface area contributed by atoms with E-state index in [-0.39, 0.29) is 5.60 Å². The van der Waals surface area contributed by atoms with Crippen molar-refractivity contribution >= 4 is 0 Å². The van der Waals surface area contributed by atoms with Gasteiger partial charge in [-0.2, -0.15) is 0 Å². The van der Waals surface area contributed by atoms with E-state index in [0.717, 1.165) is 38.9 Å². The first-order valence-corrected chi connectivity index (χ1v) is 7.10. The highest BCUT2D eigenvalue weighted by molar-refractivity contribution is 4.86. The van der Waals surface area contributed by atoms with Crippen molar-refractivity contribution in [3.63, 3.8) is 0 Å². The molecule has 2 aliphatic rings. The first-order chi connectivity index (χ1) is 8.09. The molecule has 2 fully saturated rings. The van der Waals surface area contributed by atoms with E-state index in [1.807, 2.05) is 0 Å². The van der Waals surface area contributed by atoms with Gasteiger partial charge in [0, 0.05) is 25.3 Å². The third kappa shape index (κ3) is 3.94. The molecule has 2 rings (SSSR count). The zero-order valence-electron chi connectivity index (χ0n) is 11.5. The monoisotopic (exact) mass is 241 g/mol. The van der Waals surface area contributed by atoms with Crippen LogP contribution in [0.3, 0.4) is 0 Å². The van der Waals surface area contributed by atoms with Crippen molar-refractivity contribution in [2.24, 2.45) is 0 Å². The van der Waals surface area contributed by atoms with Gasteiger partial charge >= 0.3 is 0 Å². The maximum atomic E-state index is 5.76. The maximum absolute atomic E-state index is 5.76. The highest BCUT2D eigenvalue weighted by Crippen LogP contribution is 2.25.